The molecule has 0 saturated carbocycles. The van der Waals surface area contributed by atoms with Crippen molar-refractivity contribution in [1.29, 1.82) is 0 Å². The smallest absolute Gasteiger partial charge is 0.251 e. The van der Waals surface area contributed by atoms with Gasteiger partial charge in [0, 0.05) is 18.4 Å². The SMILES string of the molecule is CCc1noc([C@H](C)NC(=O)c2ccc3c(c2)CCO3)n1. The van der Waals surface area contributed by atoms with Gasteiger partial charge in [-0.25, -0.2) is 0 Å². The van der Waals surface area contributed by atoms with E-state index in [-0.39, 0.29) is 11.9 Å². The minimum absolute atomic E-state index is 0.159. The van der Waals surface area contributed by atoms with Crippen LogP contribution in [0.15, 0.2) is 22.7 Å². The second-order valence-electron chi connectivity index (χ2n) is 5.02. The number of aromatic nitrogens is 2. The first kappa shape index (κ1) is 13.6. The van der Waals surface area contributed by atoms with Crippen molar-refractivity contribution < 1.29 is 14.1 Å². The van der Waals surface area contributed by atoms with E-state index in [1.165, 1.54) is 0 Å². The minimum Gasteiger partial charge on any atom is -0.493 e. The summed E-state index contributed by atoms with van der Waals surface area (Å²) in [7, 11) is 0. The van der Waals surface area contributed by atoms with Gasteiger partial charge in [-0.05, 0) is 30.7 Å². The zero-order chi connectivity index (χ0) is 14.8. The zero-order valence-corrected chi connectivity index (χ0v) is 12.0. The number of carbonyl (C=O) groups excluding carboxylic acids is 1. The summed E-state index contributed by atoms with van der Waals surface area (Å²) >= 11 is 0. The molecule has 0 aliphatic carbocycles. The Labute approximate surface area is 122 Å². The maximum Gasteiger partial charge on any atom is 0.251 e. The molecule has 6 nitrogen and oxygen atoms in total. The molecule has 21 heavy (non-hydrogen) atoms. The van der Waals surface area contributed by atoms with E-state index in [0.717, 1.165) is 17.7 Å². The lowest BCUT2D eigenvalue weighted by Gasteiger charge is -2.10. The van der Waals surface area contributed by atoms with Crippen molar-refractivity contribution in [2.45, 2.75) is 32.7 Å². The number of nitrogens with zero attached hydrogens (tertiary/aromatic N) is 2. The summed E-state index contributed by atoms with van der Waals surface area (Å²) in [6, 6.07) is 5.14. The normalized spacial score (nSPS) is 14.4. The van der Waals surface area contributed by atoms with Crippen molar-refractivity contribution in [1.82, 2.24) is 15.5 Å². The fourth-order valence-electron chi connectivity index (χ4n) is 2.26. The largest absolute Gasteiger partial charge is 0.493 e. The molecule has 0 saturated heterocycles. The molecule has 0 unspecified atom stereocenters. The Morgan fingerprint density at radius 1 is 1.48 bits per heavy atom. The van der Waals surface area contributed by atoms with Crippen LogP contribution in [0.25, 0.3) is 0 Å². The van der Waals surface area contributed by atoms with Gasteiger partial charge < -0.3 is 14.6 Å². The van der Waals surface area contributed by atoms with Crippen molar-refractivity contribution in [2.24, 2.45) is 0 Å². The van der Waals surface area contributed by atoms with Gasteiger partial charge in [0.1, 0.15) is 11.8 Å². The molecule has 0 bridgehead atoms. The van der Waals surface area contributed by atoms with E-state index in [4.69, 9.17) is 9.26 Å². The molecular formula is C15H17N3O3. The van der Waals surface area contributed by atoms with Crippen LogP contribution in [0, 0.1) is 0 Å². The van der Waals surface area contributed by atoms with Gasteiger partial charge in [-0.3, -0.25) is 4.79 Å². The number of hydrogen-bond acceptors (Lipinski definition) is 5. The van der Waals surface area contributed by atoms with Crippen molar-refractivity contribution in [3.8, 4) is 5.75 Å². The molecule has 1 atom stereocenters. The molecule has 1 aromatic heterocycles. The van der Waals surface area contributed by atoms with E-state index in [1.807, 2.05) is 26.0 Å². The number of hydrogen-bond donors (Lipinski definition) is 1. The summed E-state index contributed by atoms with van der Waals surface area (Å²) in [5, 5.41) is 6.69. The highest BCUT2D eigenvalue weighted by molar-refractivity contribution is 5.94. The lowest BCUT2D eigenvalue weighted by Crippen LogP contribution is -2.26. The quantitative estimate of drug-likeness (QED) is 0.931. The van der Waals surface area contributed by atoms with E-state index >= 15 is 0 Å². The van der Waals surface area contributed by atoms with Crippen LogP contribution in [-0.4, -0.2) is 22.7 Å². The van der Waals surface area contributed by atoms with E-state index < -0.39 is 0 Å². The van der Waals surface area contributed by atoms with Gasteiger partial charge in [-0.15, -0.1) is 0 Å². The van der Waals surface area contributed by atoms with Gasteiger partial charge in [0.05, 0.1) is 6.61 Å². The summed E-state index contributed by atoms with van der Waals surface area (Å²) in [6.07, 6.45) is 1.55. The minimum atomic E-state index is -0.324. The first-order valence-corrected chi connectivity index (χ1v) is 7.06. The number of carbonyl (C=O) groups is 1. The molecule has 1 amide bonds. The highest BCUT2D eigenvalue weighted by Crippen LogP contribution is 2.26. The fraction of sp³-hybridized carbons (Fsp3) is 0.400. The lowest BCUT2D eigenvalue weighted by atomic mass is 10.1. The standard InChI is InChI=1S/C15H17N3O3/c1-3-13-17-15(21-18-13)9(2)16-14(19)11-4-5-12-10(8-11)6-7-20-12/h4-5,8-9H,3,6-7H2,1-2H3,(H,16,19)/t9-/m0/s1. The Morgan fingerprint density at radius 3 is 3.10 bits per heavy atom. The summed E-state index contributed by atoms with van der Waals surface area (Å²) < 4.78 is 10.6. The Morgan fingerprint density at radius 2 is 2.33 bits per heavy atom. The molecule has 1 N–H and O–H groups in total. The number of ether oxygens (including phenoxy) is 1. The summed E-state index contributed by atoms with van der Waals surface area (Å²) in [5.74, 6) is 1.77. The maximum absolute atomic E-state index is 12.3. The topological polar surface area (TPSA) is 77.2 Å². The summed E-state index contributed by atoms with van der Waals surface area (Å²) in [4.78, 5) is 16.5. The third-order valence-electron chi connectivity index (χ3n) is 3.47. The molecule has 0 spiro atoms. The van der Waals surface area contributed by atoms with Gasteiger partial charge >= 0.3 is 0 Å². The molecule has 1 aromatic carbocycles. The number of nitrogens with one attached hydrogen (secondary N) is 1. The highest BCUT2D eigenvalue weighted by atomic mass is 16.5. The van der Waals surface area contributed by atoms with Crippen molar-refractivity contribution >= 4 is 5.91 Å². The molecular weight excluding hydrogens is 270 g/mol. The number of fused-ring (bicyclic) bond motifs is 1. The highest BCUT2D eigenvalue weighted by Gasteiger charge is 2.19. The summed E-state index contributed by atoms with van der Waals surface area (Å²) in [6.45, 7) is 4.45. The molecule has 0 radical (unpaired) electrons. The van der Waals surface area contributed by atoms with E-state index in [0.29, 0.717) is 30.3 Å². The molecule has 3 rings (SSSR count). The zero-order valence-electron chi connectivity index (χ0n) is 12.0. The predicted molar refractivity (Wildman–Crippen MR) is 75.2 cm³/mol. The third-order valence-corrected chi connectivity index (χ3v) is 3.47. The predicted octanol–water partition coefficient (Wildman–Crippen LogP) is 2.06. The Kier molecular flexibility index (Phi) is 3.60. The summed E-state index contributed by atoms with van der Waals surface area (Å²) in [5.41, 5.74) is 1.68. The monoisotopic (exact) mass is 287 g/mol. The molecule has 110 valence electrons. The number of rotatable bonds is 4. The van der Waals surface area contributed by atoms with Crippen LogP contribution in [0.2, 0.25) is 0 Å². The molecule has 2 aromatic rings. The fourth-order valence-corrected chi connectivity index (χ4v) is 2.26. The van der Waals surface area contributed by atoms with E-state index in [2.05, 4.69) is 15.5 Å². The Balaban J connectivity index is 1.70. The first-order valence-electron chi connectivity index (χ1n) is 7.06. The van der Waals surface area contributed by atoms with Gasteiger partial charge in [0.2, 0.25) is 5.89 Å². The van der Waals surface area contributed by atoms with Gasteiger partial charge in [0.15, 0.2) is 5.82 Å². The number of amides is 1. The van der Waals surface area contributed by atoms with Crippen molar-refractivity contribution in [3.63, 3.8) is 0 Å². The van der Waals surface area contributed by atoms with Crippen molar-refractivity contribution in [2.75, 3.05) is 6.61 Å². The van der Waals surface area contributed by atoms with Crippen LogP contribution in [0.1, 0.15) is 47.5 Å². The molecule has 1 aliphatic heterocycles. The van der Waals surface area contributed by atoms with Crippen LogP contribution in [0.5, 0.6) is 5.75 Å². The van der Waals surface area contributed by atoms with Gasteiger partial charge in [0.25, 0.3) is 5.91 Å². The molecule has 2 heterocycles. The molecule has 6 heteroatoms. The molecule has 1 aliphatic rings. The van der Waals surface area contributed by atoms with Crippen LogP contribution < -0.4 is 10.1 Å². The van der Waals surface area contributed by atoms with Crippen LogP contribution in [0.4, 0.5) is 0 Å². The van der Waals surface area contributed by atoms with E-state index in [1.54, 1.807) is 6.07 Å². The Hall–Kier alpha value is -2.37. The average molecular weight is 287 g/mol. The maximum atomic E-state index is 12.3. The van der Waals surface area contributed by atoms with Crippen molar-refractivity contribution in [3.05, 3.63) is 41.0 Å². The number of benzene rings is 1. The van der Waals surface area contributed by atoms with Gasteiger partial charge in [-0.1, -0.05) is 12.1 Å². The number of aryl methyl sites for hydroxylation is 1. The van der Waals surface area contributed by atoms with Gasteiger partial charge in [-0.2, -0.15) is 4.98 Å². The first-order chi connectivity index (χ1) is 10.2. The third kappa shape index (κ3) is 2.74. The van der Waals surface area contributed by atoms with E-state index in [9.17, 15) is 4.79 Å². The average Bonchev–Trinajstić information content (AvgIpc) is 3.15. The Bertz CT molecular complexity index is 666. The lowest BCUT2D eigenvalue weighted by molar-refractivity contribution is 0.0932. The van der Waals surface area contributed by atoms with Crippen LogP contribution in [-0.2, 0) is 12.8 Å². The van der Waals surface area contributed by atoms with Crippen LogP contribution in [0.3, 0.4) is 0 Å². The molecule has 0 fully saturated rings. The second kappa shape index (κ2) is 5.55. The van der Waals surface area contributed by atoms with Crippen LogP contribution >= 0.6 is 0 Å². The second-order valence-corrected chi connectivity index (χ2v) is 5.02.